The highest BCUT2D eigenvalue weighted by Crippen LogP contribution is 2.46. The van der Waals surface area contributed by atoms with Crippen molar-refractivity contribution in [2.45, 2.75) is 126 Å². The quantitative estimate of drug-likeness (QED) is 0.257. The Morgan fingerprint density at radius 2 is 1.67 bits per heavy atom. The molecule has 3 heterocycles. The molecule has 1 aromatic heterocycles. The van der Waals surface area contributed by atoms with Gasteiger partial charge in [-0.05, 0) is 89.8 Å². The molecule has 4 aliphatic rings. The Balaban J connectivity index is 1.19. The molecule has 7 rings (SSSR count). The third-order valence-electron chi connectivity index (χ3n) is 10.9. The molecule has 1 saturated heterocycles. The predicted molar refractivity (Wildman–Crippen MR) is 212 cm³/mol. The van der Waals surface area contributed by atoms with Crippen LogP contribution in [0.5, 0.6) is 5.88 Å². The van der Waals surface area contributed by atoms with Crippen molar-refractivity contribution in [1.29, 1.82) is 0 Å². The minimum absolute atomic E-state index is 0.0192. The molecule has 2 saturated carbocycles. The van der Waals surface area contributed by atoms with E-state index in [-0.39, 0.29) is 19.4 Å². The van der Waals surface area contributed by atoms with E-state index in [2.05, 4.69) is 15.4 Å². The maximum atomic E-state index is 14.6. The van der Waals surface area contributed by atoms with Gasteiger partial charge in [-0.3, -0.25) is 19.1 Å². The van der Waals surface area contributed by atoms with Crippen LogP contribution in [0.1, 0.15) is 89.8 Å². The van der Waals surface area contributed by atoms with Crippen molar-refractivity contribution in [3.8, 4) is 5.88 Å². The first kappa shape index (κ1) is 40.2. The van der Waals surface area contributed by atoms with E-state index >= 15 is 0 Å². The number of alkyl carbamates (subject to hydrolysis) is 1. The summed E-state index contributed by atoms with van der Waals surface area (Å²) in [5.74, 6) is -2.04. The Labute approximate surface area is 333 Å². The number of carbonyl (C=O) groups is 4. The Hall–Kier alpha value is -5.05. The van der Waals surface area contributed by atoms with Gasteiger partial charge in [0.05, 0.1) is 22.8 Å². The maximum Gasteiger partial charge on any atom is 0.408 e. The van der Waals surface area contributed by atoms with Crippen LogP contribution in [0.2, 0.25) is 0 Å². The summed E-state index contributed by atoms with van der Waals surface area (Å²) in [4.78, 5) is 67.1. The van der Waals surface area contributed by atoms with Gasteiger partial charge in [-0.2, -0.15) is 0 Å². The van der Waals surface area contributed by atoms with Crippen LogP contribution < -0.4 is 20.1 Å². The van der Waals surface area contributed by atoms with Crippen LogP contribution in [-0.2, 0) is 42.0 Å². The van der Waals surface area contributed by atoms with Gasteiger partial charge in [0, 0.05) is 12.3 Å². The highest BCUT2D eigenvalue weighted by molar-refractivity contribution is 7.91. The van der Waals surface area contributed by atoms with Crippen LogP contribution in [0.3, 0.4) is 0 Å². The summed E-state index contributed by atoms with van der Waals surface area (Å²) in [6.07, 6.45) is 7.94. The number of hydrogen-bond acceptors (Lipinski definition) is 10. The Morgan fingerprint density at radius 3 is 2.39 bits per heavy atom. The lowest BCUT2D eigenvalue weighted by atomic mass is 10.0. The number of hydrogen-bond donors (Lipinski definition) is 3. The molecule has 0 bridgehead atoms. The molecule has 2 aromatic carbocycles. The highest BCUT2D eigenvalue weighted by atomic mass is 32.2. The number of ether oxygens (including phenoxy) is 2. The zero-order valence-corrected chi connectivity index (χ0v) is 33.6. The number of carbonyl (C=O) groups excluding carboxylic acids is 4. The summed E-state index contributed by atoms with van der Waals surface area (Å²) >= 11 is 0. The number of rotatable bonds is 9. The molecule has 15 heteroatoms. The third-order valence-corrected chi connectivity index (χ3v) is 12.7. The van der Waals surface area contributed by atoms with Gasteiger partial charge >= 0.3 is 6.09 Å². The van der Waals surface area contributed by atoms with Gasteiger partial charge in [0.1, 0.15) is 35.0 Å². The zero-order valence-electron chi connectivity index (χ0n) is 32.7. The summed E-state index contributed by atoms with van der Waals surface area (Å²) in [5.41, 5.74) is 0.760. The van der Waals surface area contributed by atoms with Crippen LogP contribution in [0, 0.1) is 5.92 Å². The molecule has 5 atom stereocenters. The number of sulfonamides is 1. The number of para-hydroxylation sites is 2. The van der Waals surface area contributed by atoms with Crippen molar-refractivity contribution < 1.29 is 37.1 Å². The minimum atomic E-state index is -3.90. The van der Waals surface area contributed by atoms with Gasteiger partial charge in [0.25, 0.3) is 5.91 Å². The van der Waals surface area contributed by atoms with Crippen LogP contribution in [0.25, 0.3) is 11.0 Å². The molecular weight excluding hydrogens is 749 g/mol. The average Bonchev–Trinajstić information content (AvgIpc) is 4.09. The molecule has 57 heavy (non-hydrogen) atoms. The molecule has 0 spiro atoms. The Morgan fingerprint density at radius 1 is 0.947 bits per heavy atom. The highest BCUT2D eigenvalue weighted by Gasteiger charge is 2.62. The number of nitrogens with zero attached hydrogens (tertiary/aromatic N) is 3. The Kier molecular flexibility index (Phi) is 11.6. The predicted octanol–water partition coefficient (Wildman–Crippen LogP) is 4.66. The maximum absolute atomic E-state index is 14.6. The standard InChI is InChI=1S/C42H52N6O8S/c1-41(2,3)56-40(52)45-34-19-11-6-4-5-10-16-28-25-42(28,39(51)47-57(53,54)30-21-22-30)46-36(49)35-24-29(26-48(35)38(34)50)55-37-33(23-20-27-14-8-7-9-15-27)43-31-17-12-13-18-32(31)44-37/h7-10,12-18,28-30,34-35H,4-6,11,19-26H2,1-3H3,(H,45,52)(H,46,49)(H,47,51)/b16-10-/t28?,29-,34-,35+,42-/m1/s1. The fourth-order valence-corrected chi connectivity index (χ4v) is 9.00. The molecular formula is C42H52N6O8S. The average molecular weight is 801 g/mol. The molecule has 14 nitrogen and oxygen atoms in total. The van der Waals surface area contributed by atoms with Crippen LogP contribution in [0.4, 0.5) is 4.79 Å². The number of aryl methyl sites for hydroxylation is 2. The lowest BCUT2D eigenvalue weighted by Crippen LogP contribution is -2.58. The lowest BCUT2D eigenvalue weighted by molar-refractivity contribution is -0.141. The zero-order chi connectivity index (χ0) is 40.4. The van der Waals surface area contributed by atoms with Gasteiger partial charge in [0.15, 0.2) is 0 Å². The summed E-state index contributed by atoms with van der Waals surface area (Å²) in [6, 6.07) is 15.3. The monoisotopic (exact) mass is 800 g/mol. The van der Waals surface area contributed by atoms with E-state index < -0.39 is 74.3 Å². The van der Waals surface area contributed by atoms with Gasteiger partial charge in [-0.1, -0.05) is 67.5 Å². The summed E-state index contributed by atoms with van der Waals surface area (Å²) in [6.45, 7) is 5.18. The van der Waals surface area contributed by atoms with E-state index in [1.807, 2.05) is 66.7 Å². The number of allylic oxidation sites excluding steroid dienone is 1. The number of nitrogens with one attached hydrogen (secondary N) is 3. The van der Waals surface area contributed by atoms with Gasteiger partial charge in [0.2, 0.25) is 27.7 Å². The summed E-state index contributed by atoms with van der Waals surface area (Å²) < 4.78 is 40.1. The Bertz CT molecular complexity index is 2140. The smallest absolute Gasteiger partial charge is 0.408 e. The molecule has 1 unspecified atom stereocenters. The van der Waals surface area contributed by atoms with Crippen molar-refractivity contribution in [2.24, 2.45) is 5.92 Å². The molecule has 2 aliphatic heterocycles. The molecule has 3 aromatic rings. The van der Waals surface area contributed by atoms with Crippen LogP contribution in [0.15, 0.2) is 66.7 Å². The largest absolute Gasteiger partial charge is 0.471 e. The number of fused-ring (bicyclic) bond motifs is 3. The first-order valence-electron chi connectivity index (χ1n) is 20.0. The van der Waals surface area contributed by atoms with Crippen LogP contribution in [-0.4, -0.2) is 88.2 Å². The number of aromatic nitrogens is 2. The second-order valence-electron chi connectivity index (χ2n) is 16.6. The van der Waals surface area contributed by atoms with Crippen molar-refractivity contribution in [3.05, 3.63) is 78.0 Å². The minimum Gasteiger partial charge on any atom is -0.471 e. The van der Waals surface area contributed by atoms with Crippen molar-refractivity contribution >= 4 is 44.9 Å². The van der Waals surface area contributed by atoms with E-state index in [1.165, 1.54) is 4.90 Å². The number of amides is 4. The van der Waals surface area contributed by atoms with E-state index in [0.29, 0.717) is 67.6 Å². The van der Waals surface area contributed by atoms with Crippen molar-refractivity contribution in [1.82, 2.24) is 30.2 Å². The summed E-state index contributed by atoms with van der Waals surface area (Å²) in [5, 5.41) is 5.03. The molecule has 3 fully saturated rings. The van der Waals surface area contributed by atoms with Crippen molar-refractivity contribution in [3.63, 3.8) is 0 Å². The lowest BCUT2D eigenvalue weighted by Gasteiger charge is -2.30. The van der Waals surface area contributed by atoms with E-state index in [4.69, 9.17) is 19.4 Å². The topological polar surface area (TPSA) is 186 Å². The van der Waals surface area contributed by atoms with Gasteiger partial charge in [-0.15, -0.1) is 0 Å². The first-order chi connectivity index (χ1) is 27.2. The third kappa shape index (κ3) is 9.74. The molecule has 3 N–H and O–H groups in total. The normalized spacial score (nSPS) is 26.2. The number of benzene rings is 2. The molecule has 2 aliphatic carbocycles. The van der Waals surface area contributed by atoms with Gasteiger partial charge in [-0.25, -0.2) is 23.2 Å². The van der Waals surface area contributed by atoms with E-state index in [0.717, 1.165) is 18.4 Å². The fraction of sp³-hybridized carbons (Fsp3) is 0.524. The van der Waals surface area contributed by atoms with E-state index in [9.17, 15) is 27.6 Å². The van der Waals surface area contributed by atoms with Crippen molar-refractivity contribution in [2.75, 3.05) is 6.54 Å². The summed E-state index contributed by atoms with van der Waals surface area (Å²) in [7, 11) is -3.90. The molecule has 0 radical (unpaired) electrons. The SMILES string of the molecule is CC(C)(C)OC(=O)N[C@@H]1CCCCC/C=C\C2C[C@@]2(C(=O)NS(=O)(=O)C2CC2)NC(=O)[C@@H]2C[C@@H](Oc3nc4ccccc4nc3CCc3ccccc3)CN2C1=O. The second kappa shape index (κ2) is 16.4. The first-order valence-corrected chi connectivity index (χ1v) is 21.6. The fourth-order valence-electron chi connectivity index (χ4n) is 7.64. The second-order valence-corrected chi connectivity index (χ2v) is 18.6. The molecule has 4 amide bonds. The molecule has 304 valence electrons. The van der Waals surface area contributed by atoms with E-state index in [1.54, 1.807) is 20.8 Å². The van der Waals surface area contributed by atoms with Gasteiger partial charge < -0.3 is 25.0 Å². The van der Waals surface area contributed by atoms with Crippen LogP contribution >= 0.6 is 0 Å².